The molecule has 0 saturated carbocycles. The first-order valence-corrected chi connectivity index (χ1v) is 6.84. The second-order valence-corrected chi connectivity index (χ2v) is 4.95. The fourth-order valence-electron chi connectivity index (χ4n) is 1.57. The number of aromatic nitrogens is 1. The molecule has 5 heteroatoms. The van der Waals surface area contributed by atoms with Crippen molar-refractivity contribution in [1.29, 1.82) is 0 Å². The van der Waals surface area contributed by atoms with Crippen LogP contribution in [-0.4, -0.2) is 18.2 Å². The molecule has 0 atom stereocenters. The van der Waals surface area contributed by atoms with Crippen molar-refractivity contribution >= 4 is 18.5 Å². The Bertz CT molecular complexity index is 752. The molecule has 1 aliphatic rings. The molecule has 0 amide bonds. The maximum Gasteiger partial charge on any atom is 0.173 e. The van der Waals surface area contributed by atoms with Gasteiger partial charge in [-0.15, -0.1) is 5.73 Å². The quantitative estimate of drug-likeness (QED) is 0.616. The van der Waals surface area contributed by atoms with Crippen molar-refractivity contribution in [3.8, 4) is 0 Å². The zero-order valence-corrected chi connectivity index (χ0v) is 12.0. The third-order valence-corrected chi connectivity index (χ3v) is 3.37. The number of fused-ring (bicyclic) bond motifs is 1. The minimum Gasteiger partial charge on any atom is -0.266 e. The van der Waals surface area contributed by atoms with Crippen molar-refractivity contribution in [2.24, 2.45) is 15.0 Å². The largest absolute Gasteiger partial charge is 0.266 e. The summed E-state index contributed by atoms with van der Waals surface area (Å²) in [5.74, 6) is 0. The van der Waals surface area contributed by atoms with Gasteiger partial charge in [-0.3, -0.25) is 9.98 Å². The summed E-state index contributed by atoms with van der Waals surface area (Å²) in [5.41, 5.74) is 4.39. The molecule has 1 aromatic heterocycles. The van der Waals surface area contributed by atoms with E-state index in [1.807, 2.05) is 31.2 Å². The third-order valence-electron chi connectivity index (χ3n) is 2.47. The van der Waals surface area contributed by atoms with Gasteiger partial charge in [0.05, 0.1) is 17.3 Å². The summed E-state index contributed by atoms with van der Waals surface area (Å²) in [6.45, 7) is 9.87. The SMILES string of the molecule is C=N/C1=C(\C=C=CC)SC(=C)N=c2cccnc2=NC1. The summed E-state index contributed by atoms with van der Waals surface area (Å²) < 4.78 is 0. The Hall–Kier alpha value is -2.23. The van der Waals surface area contributed by atoms with E-state index in [0.717, 1.165) is 10.6 Å². The molecule has 4 nitrogen and oxygen atoms in total. The summed E-state index contributed by atoms with van der Waals surface area (Å²) in [6, 6.07) is 3.69. The number of aliphatic imine (C=N–C) groups is 1. The summed E-state index contributed by atoms with van der Waals surface area (Å²) in [5, 5.41) is 1.37. The van der Waals surface area contributed by atoms with E-state index in [-0.39, 0.29) is 0 Å². The van der Waals surface area contributed by atoms with Gasteiger partial charge in [0.25, 0.3) is 0 Å². The minimum absolute atomic E-state index is 0.403. The van der Waals surface area contributed by atoms with Crippen LogP contribution in [0.15, 0.2) is 73.4 Å². The molecule has 0 N–H and O–H groups in total. The second kappa shape index (κ2) is 6.80. The first-order chi connectivity index (χ1) is 9.74. The fourth-order valence-corrected chi connectivity index (χ4v) is 2.34. The van der Waals surface area contributed by atoms with Crippen LogP contribution in [-0.2, 0) is 0 Å². The average molecular weight is 282 g/mol. The monoisotopic (exact) mass is 282 g/mol. The van der Waals surface area contributed by atoms with Gasteiger partial charge in [0.15, 0.2) is 5.49 Å². The number of hydrogen-bond acceptors (Lipinski definition) is 5. The highest BCUT2D eigenvalue weighted by atomic mass is 32.2. The van der Waals surface area contributed by atoms with E-state index in [1.54, 1.807) is 6.20 Å². The van der Waals surface area contributed by atoms with E-state index in [0.29, 0.717) is 22.4 Å². The van der Waals surface area contributed by atoms with Gasteiger partial charge in [-0.1, -0.05) is 18.3 Å². The number of pyridine rings is 1. The lowest BCUT2D eigenvalue weighted by Crippen LogP contribution is -2.28. The van der Waals surface area contributed by atoms with Gasteiger partial charge >= 0.3 is 0 Å². The predicted molar refractivity (Wildman–Crippen MR) is 83.0 cm³/mol. The lowest BCUT2D eigenvalue weighted by atomic mass is 10.3. The standard InChI is InChI=1S/C15H14N4S/c1-4-5-8-14-13(16-3)10-18-15-12(7-6-9-17-15)19-11(2)20-14/h4,6-9H,2-3,10H2,1H3/b14-13+,18-15?,19-12?. The highest BCUT2D eigenvalue weighted by molar-refractivity contribution is 8.06. The summed E-state index contributed by atoms with van der Waals surface area (Å²) >= 11 is 1.43. The van der Waals surface area contributed by atoms with Crippen LogP contribution >= 0.6 is 11.8 Å². The molecule has 0 fully saturated rings. The molecule has 1 aromatic rings. The minimum atomic E-state index is 0.403. The van der Waals surface area contributed by atoms with Crippen molar-refractivity contribution in [2.45, 2.75) is 6.92 Å². The van der Waals surface area contributed by atoms with Gasteiger partial charge in [0.1, 0.15) is 5.36 Å². The van der Waals surface area contributed by atoms with E-state index in [2.05, 4.69) is 39.0 Å². The number of nitrogens with zero attached hydrogens (tertiary/aromatic N) is 4. The molecule has 0 spiro atoms. The summed E-state index contributed by atoms with van der Waals surface area (Å²) in [7, 11) is 0. The molecule has 0 bridgehead atoms. The van der Waals surface area contributed by atoms with Crippen molar-refractivity contribution < 1.29 is 0 Å². The van der Waals surface area contributed by atoms with Crippen LogP contribution in [0.5, 0.6) is 0 Å². The Morgan fingerprint density at radius 1 is 1.50 bits per heavy atom. The molecule has 1 aliphatic heterocycles. The number of rotatable bonds is 2. The zero-order chi connectivity index (χ0) is 14.4. The Kier molecular flexibility index (Phi) is 4.82. The van der Waals surface area contributed by atoms with Crippen LogP contribution in [0.3, 0.4) is 0 Å². The molecule has 100 valence electrons. The molecule has 0 aromatic carbocycles. The van der Waals surface area contributed by atoms with Gasteiger partial charge in [0, 0.05) is 11.1 Å². The van der Waals surface area contributed by atoms with Crippen molar-refractivity contribution in [3.63, 3.8) is 0 Å². The van der Waals surface area contributed by atoms with E-state index >= 15 is 0 Å². The van der Waals surface area contributed by atoms with Gasteiger partial charge in [-0.05, 0) is 37.9 Å². The van der Waals surface area contributed by atoms with E-state index < -0.39 is 0 Å². The van der Waals surface area contributed by atoms with Gasteiger partial charge in [-0.2, -0.15) is 0 Å². The van der Waals surface area contributed by atoms with E-state index in [4.69, 9.17) is 0 Å². The molecular formula is C15H14N4S. The lowest BCUT2D eigenvalue weighted by Gasteiger charge is -2.03. The Balaban J connectivity index is 2.61. The highest BCUT2D eigenvalue weighted by Gasteiger charge is 2.07. The van der Waals surface area contributed by atoms with Crippen LogP contribution in [0.2, 0.25) is 0 Å². The first-order valence-electron chi connectivity index (χ1n) is 6.02. The topological polar surface area (TPSA) is 50.0 Å². The van der Waals surface area contributed by atoms with Gasteiger partial charge in [0.2, 0.25) is 0 Å². The maximum atomic E-state index is 4.44. The summed E-state index contributed by atoms with van der Waals surface area (Å²) in [4.78, 5) is 18.1. The number of thioether (sulfide) groups is 1. The number of allylic oxidation sites excluding steroid dienone is 1. The normalized spacial score (nSPS) is 18.1. The van der Waals surface area contributed by atoms with Crippen molar-refractivity contribution in [2.75, 3.05) is 6.54 Å². The molecule has 2 heterocycles. The van der Waals surface area contributed by atoms with Gasteiger partial charge < -0.3 is 0 Å². The maximum absolute atomic E-state index is 4.44. The molecule has 20 heavy (non-hydrogen) atoms. The molecule has 0 saturated heterocycles. The molecule has 2 rings (SSSR count). The van der Waals surface area contributed by atoms with Crippen LogP contribution in [0.25, 0.3) is 0 Å². The Labute approximate surface area is 121 Å². The Morgan fingerprint density at radius 3 is 3.10 bits per heavy atom. The Morgan fingerprint density at radius 2 is 2.35 bits per heavy atom. The van der Waals surface area contributed by atoms with Crippen molar-refractivity contribution in [3.05, 3.63) is 69.3 Å². The van der Waals surface area contributed by atoms with E-state index in [1.165, 1.54) is 11.8 Å². The fraction of sp³-hybridized carbons (Fsp3) is 0.133. The molecule has 0 unspecified atom stereocenters. The van der Waals surface area contributed by atoms with Crippen LogP contribution in [0.4, 0.5) is 0 Å². The van der Waals surface area contributed by atoms with Crippen molar-refractivity contribution in [1.82, 2.24) is 4.98 Å². The van der Waals surface area contributed by atoms with Crippen LogP contribution in [0.1, 0.15) is 6.92 Å². The third kappa shape index (κ3) is 3.41. The highest BCUT2D eigenvalue weighted by Crippen LogP contribution is 2.29. The average Bonchev–Trinajstić information content (AvgIpc) is 2.52. The molecular weight excluding hydrogens is 268 g/mol. The second-order valence-electron chi connectivity index (χ2n) is 3.84. The summed E-state index contributed by atoms with van der Waals surface area (Å²) in [6.07, 6.45) is 5.36. The van der Waals surface area contributed by atoms with E-state index in [9.17, 15) is 0 Å². The molecule has 0 radical (unpaired) electrons. The van der Waals surface area contributed by atoms with Crippen LogP contribution in [0, 0.1) is 0 Å². The zero-order valence-electron chi connectivity index (χ0n) is 11.2. The van der Waals surface area contributed by atoms with Crippen LogP contribution < -0.4 is 10.8 Å². The number of hydrogen-bond donors (Lipinski definition) is 0. The molecule has 0 aliphatic carbocycles. The predicted octanol–water partition coefficient (Wildman–Crippen LogP) is 2.18. The lowest BCUT2D eigenvalue weighted by molar-refractivity contribution is 0.976. The smallest absolute Gasteiger partial charge is 0.173 e. The first kappa shape index (κ1) is 14.2. The van der Waals surface area contributed by atoms with Gasteiger partial charge in [-0.25, -0.2) is 9.98 Å².